The number of amides is 8. The molecule has 1 aromatic rings. The van der Waals surface area contributed by atoms with Crippen LogP contribution in [0.15, 0.2) is 29.3 Å². The summed E-state index contributed by atoms with van der Waals surface area (Å²) in [6.07, 6.45) is -1.84. The Labute approximate surface area is 383 Å². The van der Waals surface area contributed by atoms with Gasteiger partial charge in [-0.1, -0.05) is 39.8 Å². The number of likely N-dealkylation sites (tertiary alicyclic amines) is 1. The summed E-state index contributed by atoms with van der Waals surface area (Å²) in [7, 11) is 0. The van der Waals surface area contributed by atoms with Crippen LogP contribution in [-0.4, -0.2) is 147 Å². The number of aliphatic hydroxyl groups excluding tert-OH is 1. The van der Waals surface area contributed by atoms with Gasteiger partial charge in [-0.25, -0.2) is 4.79 Å². The van der Waals surface area contributed by atoms with Crippen LogP contribution in [-0.2, 0) is 49.6 Å². The van der Waals surface area contributed by atoms with E-state index < -0.39 is 120 Å². The number of carbonyl (C=O) groups is 9. The topological polar surface area (TPSA) is 406 Å². The van der Waals surface area contributed by atoms with Gasteiger partial charge in [-0.2, -0.15) is 0 Å². The van der Waals surface area contributed by atoms with E-state index in [-0.39, 0.29) is 62.8 Å². The number of carboxylic acid groups (broad SMARTS) is 1. The van der Waals surface area contributed by atoms with Crippen LogP contribution in [0.4, 0.5) is 0 Å². The average molecular weight is 933 g/mol. The molecule has 24 heteroatoms. The van der Waals surface area contributed by atoms with Crippen molar-refractivity contribution in [3.05, 3.63) is 29.8 Å². The standard InChI is InChI=1S/C42H68N12O12/c1-20(2)31(44)37(61)52-32(21(3)4)38(62)51-28(19-24-11-13-25(56)14-12-24)40(64)54-18-8-10-29(54)36(60)48-22(5)34(58)53-33(23(6)55)39(63)49-26(15-16-30(43)57)35(59)50-27(41(65)66)9-7-17-47-42(45)46/h11-14,20-23,26-29,31-33,55-56H,7-10,15-19,44H2,1-6H3,(H2,43,57)(H,48,60)(H,49,63)(H,50,59)(H,51,62)(H,52,61)(H,53,58)(H,65,66)(H4,45,46,47)/t22-,23+,26-,27-,28-,29-,31-,32-,33-/m0/s1. The largest absolute Gasteiger partial charge is 0.508 e. The second-order valence-corrected chi connectivity index (χ2v) is 17.0. The smallest absolute Gasteiger partial charge is 0.326 e. The van der Waals surface area contributed by atoms with Gasteiger partial charge in [0.1, 0.15) is 48.0 Å². The number of hydrogen-bond donors (Lipinski definition) is 13. The molecule has 2 rings (SSSR count). The summed E-state index contributed by atoms with van der Waals surface area (Å²) in [5.74, 6) is -8.82. The summed E-state index contributed by atoms with van der Waals surface area (Å²) in [4.78, 5) is 123. The molecule has 0 bridgehead atoms. The highest BCUT2D eigenvalue weighted by Gasteiger charge is 2.40. The van der Waals surface area contributed by atoms with Gasteiger partial charge in [0.05, 0.1) is 12.1 Å². The molecule has 1 aliphatic heterocycles. The number of primary amides is 1. The zero-order valence-corrected chi connectivity index (χ0v) is 38.2. The van der Waals surface area contributed by atoms with Crippen molar-refractivity contribution in [2.45, 2.75) is 141 Å². The van der Waals surface area contributed by atoms with Crippen molar-refractivity contribution in [2.75, 3.05) is 13.1 Å². The van der Waals surface area contributed by atoms with Crippen molar-refractivity contribution in [1.29, 1.82) is 0 Å². The lowest BCUT2D eigenvalue weighted by molar-refractivity contribution is -0.143. The number of benzene rings is 1. The maximum absolute atomic E-state index is 14.3. The number of rotatable bonds is 26. The zero-order chi connectivity index (χ0) is 50.0. The summed E-state index contributed by atoms with van der Waals surface area (Å²) in [6.45, 7) is 9.54. The van der Waals surface area contributed by atoms with Crippen molar-refractivity contribution >= 4 is 59.2 Å². The maximum Gasteiger partial charge on any atom is 0.326 e. The highest BCUT2D eigenvalue weighted by atomic mass is 16.4. The van der Waals surface area contributed by atoms with Crippen LogP contribution in [0.5, 0.6) is 5.75 Å². The van der Waals surface area contributed by atoms with Gasteiger partial charge in [0.25, 0.3) is 0 Å². The number of nitrogens with two attached hydrogens (primary N) is 4. The lowest BCUT2D eigenvalue weighted by Gasteiger charge is -2.31. The second kappa shape index (κ2) is 26.4. The minimum Gasteiger partial charge on any atom is -0.508 e. The summed E-state index contributed by atoms with van der Waals surface area (Å²) in [5.41, 5.74) is 22.4. The number of aliphatic hydroxyl groups is 1. The van der Waals surface area contributed by atoms with Crippen LogP contribution in [0.2, 0.25) is 0 Å². The molecule has 1 aliphatic rings. The molecular formula is C42H68N12O12. The average Bonchev–Trinajstić information content (AvgIpc) is 3.74. The first-order valence-electron chi connectivity index (χ1n) is 21.7. The molecule has 9 atom stereocenters. The molecule has 1 heterocycles. The number of phenols is 1. The van der Waals surface area contributed by atoms with Gasteiger partial charge in [-0.15, -0.1) is 0 Å². The monoisotopic (exact) mass is 933 g/mol. The highest BCUT2D eigenvalue weighted by Crippen LogP contribution is 2.21. The summed E-state index contributed by atoms with van der Waals surface area (Å²) >= 11 is 0. The summed E-state index contributed by atoms with van der Waals surface area (Å²) in [5, 5.41) is 44.9. The van der Waals surface area contributed by atoms with Crippen molar-refractivity contribution in [3.8, 4) is 5.75 Å². The lowest BCUT2D eigenvalue weighted by Crippen LogP contribution is -2.61. The molecule has 24 nitrogen and oxygen atoms in total. The molecule has 0 spiro atoms. The number of aliphatic imine (C=N–C) groups is 1. The van der Waals surface area contributed by atoms with Crippen molar-refractivity contribution in [3.63, 3.8) is 0 Å². The van der Waals surface area contributed by atoms with Crippen LogP contribution in [0.1, 0.15) is 85.6 Å². The summed E-state index contributed by atoms with van der Waals surface area (Å²) in [6, 6.07) is -4.50. The Morgan fingerprint density at radius 3 is 1.85 bits per heavy atom. The highest BCUT2D eigenvalue weighted by molar-refractivity contribution is 5.98. The minimum atomic E-state index is -1.73. The van der Waals surface area contributed by atoms with Gasteiger partial charge in [-0.3, -0.25) is 43.3 Å². The fourth-order valence-electron chi connectivity index (χ4n) is 6.83. The van der Waals surface area contributed by atoms with E-state index in [4.69, 9.17) is 22.9 Å². The molecule has 0 radical (unpaired) electrons. The Morgan fingerprint density at radius 1 is 0.727 bits per heavy atom. The first-order valence-corrected chi connectivity index (χ1v) is 21.7. The van der Waals surface area contributed by atoms with E-state index in [1.807, 2.05) is 0 Å². The molecule has 1 aromatic carbocycles. The van der Waals surface area contributed by atoms with E-state index in [1.54, 1.807) is 39.8 Å². The Bertz CT molecular complexity index is 1910. The van der Waals surface area contributed by atoms with Crippen molar-refractivity contribution in [2.24, 2.45) is 39.8 Å². The quantitative estimate of drug-likeness (QED) is 0.0241. The number of nitrogens with zero attached hydrogens (tertiary/aromatic N) is 2. The van der Waals surface area contributed by atoms with Gasteiger partial charge in [0.15, 0.2) is 5.96 Å². The fourth-order valence-corrected chi connectivity index (χ4v) is 6.83. The molecule has 0 aliphatic carbocycles. The van der Waals surface area contributed by atoms with Gasteiger partial charge < -0.3 is 75.1 Å². The predicted molar refractivity (Wildman–Crippen MR) is 239 cm³/mol. The number of aromatic hydroxyl groups is 1. The van der Waals surface area contributed by atoms with Crippen LogP contribution in [0, 0.1) is 11.8 Å². The number of carbonyl (C=O) groups excluding carboxylic acids is 8. The first-order chi connectivity index (χ1) is 30.8. The van der Waals surface area contributed by atoms with E-state index in [1.165, 1.54) is 24.0 Å². The third-order valence-electron chi connectivity index (χ3n) is 10.8. The van der Waals surface area contributed by atoms with E-state index in [9.17, 15) is 58.5 Å². The van der Waals surface area contributed by atoms with Gasteiger partial charge in [0, 0.05) is 25.9 Å². The van der Waals surface area contributed by atoms with Crippen LogP contribution in [0.3, 0.4) is 0 Å². The molecule has 66 heavy (non-hydrogen) atoms. The SMILES string of the molecule is CC(C)[C@H](N)C(=O)N[C@H](C(=O)N[C@@H](Cc1ccc(O)cc1)C(=O)N1CCC[C@H]1C(=O)N[C@@H](C)C(=O)N[C@H](C(=O)N[C@@H](CCC(N)=O)C(=O)N[C@@H](CCCN=C(N)N)C(=O)O)[C@@H](C)O)C(C)C. The number of phenolic OH excluding ortho intramolecular Hbond substituents is 1. The van der Waals surface area contributed by atoms with Gasteiger partial charge in [-0.05, 0) is 75.5 Å². The Kier molecular flexibility index (Phi) is 22.2. The predicted octanol–water partition coefficient (Wildman–Crippen LogP) is -3.72. The van der Waals surface area contributed by atoms with Crippen molar-refractivity contribution in [1.82, 2.24) is 36.8 Å². The van der Waals surface area contributed by atoms with E-state index >= 15 is 0 Å². The molecule has 17 N–H and O–H groups in total. The van der Waals surface area contributed by atoms with Crippen LogP contribution >= 0.6 is 0 Å². The van der Waals surface area contributed by atoms with Gasteiger partial charge in [0.2, 0.25) is 47.3 Å². The molecule has 368 valence electrons. The third kappa shape index (κ3) is 17.8. The van der Waals surface area contributed by atoms with Crippen LogP contribution < -0.4 is 54.8 Å². The molecule has 0 unspecified atom stereocenters. The maximum atomic E-state index is 14.3. The first kappa shape index (κ1) is 55.6. The minimum absolute atomic E-state index is 0.0310. The number of hydrogen-bond acceptors (Lipinski definition) is 13. The Morgan fingerprint density at radius 2 is 1.30 bits per heavy atom. The van der Waals surface area contributed by atoms with Crippen molar-refractivity contribution < 1.29 is 58.5 Å². The zero-order valence-electron chi connectivity index (χ0n) is 38.2. The Hall–Kier alpha value is -6.56. The molecular weight excluding hydrogens is 865 g/mol. The molecule has 8 amide bonds. The van der Waals surface area contributed by atoms with Crippen LogP contribution in [0.25, 0.3) is 0 Å². The lowest BCUT2D eigenvalue weighted by atomic mass is 9.99. The number of aliphatic carboxylic acids is 1. The fraction of sp³-hybridized carbons (Fsp3) is 0.619. The number of nitrogens with one attached hydrogen (secondary N) is 6. The van der Waals surface area contributed by atoms with E-state index in [2.05, 4.69) is 36.9 Å². The molecule has 0 aromatic heterocycles. The van der Waals surface area contributed by atoms with E-state index in [0.717, 1.165) is 6.92 Å². The second-order valence-electron chi connectivity index (χ2n) is 17.0. The number of carboxylic acids is 1. The van der Waals surface area contributed by atoms with E-state index in [0.29, 0.717) is 12.0 Å². The summed E-state index contributed by atoms with van der Waals surface area (Å²) < 4.78 is 0. The normalized spacial score (nSPS) is 17.1. The van der Waals surface area contributed by atoms with Gasteiger partial charge >= 0.3 is 5.97 Å². The third-order valence-corrected chi connectivity index (χ3v) is 10.8. The molecule has 0 saturated carbocycles. The number of guanidine groups is 1. The Balaban J connectivity index is 2.25. The molecule has 1 saturated heterocycles. The molecule has 1 fully saturated rings.